The lowest BCUT2D eigenvalue weighted by atomic mass is 10.2. The largest absolute Gasteiger partial charge is 0.463 e. The third-order valence-corrected chi connectivity index (χ3v) is 2.99. The van der Waals surface area contributed by atoms with Gasteiger partial charge in [0.1, 0.15) is 0 Å². The Balaban J connectivity index is 2.51. The molecule has 1 aromatic rings. The van der Waals surface area contributed by atoms with Gasteiger partial charge in [-0.2, -0.15) is 0 Å². The van der Waals surface area contributed by atoms with E-state index in [0.717, 1.165) is 23.0 Å². The topological polar surface area (TPSA) is 55.4 Å². The fourth-order valence-corrected chi connectivity index (χ4v) is 1.76. The first-order chi connectivity index (χ1) is 9.65. The number of benzene rings is 1. The standard InChI is InChI=1S/C15H18BrNO3/c1-2-20-15(19)10-7-12-5-8-13(9-6-12)17-14(18)4-3-11-16/h5-10H,2-4,11H2,1H3,(H,17,18). The van der Waals surface area contributed by atoms with E-state index in [1.54, 1.807) is 25.1 Å². The molecule has 0 radical (unpaired) electrons. The number of carbonyl (C=O) groups is 2. The highest BCUT2D eigenvalue weighted by atomic mass is 79.9. The quantitative estimate of drug-likeness (QED) is 0.470. The van der Waals surface area contributed by atoms with Crippen LogP contribution in [0.3, 0.4) is 0 Å². The average molecular weight is 340 g/mol. The summed E-state index contributed by atoms with van der Waals surface area (Å²) < 4.78 is 4.79. The summed E-state index contributed by atoms with van der Waals surface area (Å²) >= 11 is 3.29. The molecule has 1 rings (SSSR count). The molecule has 1 aromatic carbocycles. The zero-order valence-electron chi connectivity index (χ0n) is 11.4. The van der Waals surface area contributed by atoms with Crippen molar-refractivity contribution >= 4 is 39.6 Å². The van der Waals surface area contributed by atoms with Crippen molar-refractivity contribution in [3.63, 3.8) is 0 Å². The van der Waals surface area contributed by atoms with Gasteiger partial charge in [-0.25, -0.2) is 4.79 Å². The highest BCUT2D eigenvalue weighted by Crippen LogP contribution is 2.11. The first-order valence-electron chi connectivity index (χ1n) is 6.46. The lowest BCUT2D eigenvalue weighted by Gasteiger charge is -2.04. The van der Waals surface area contributed by atoms with Crippen LogP contribution in [-0.2, 0) is 14.3 Å². The Labute approximate surface area is 127 Å². The second kappa shape index (κ2) is 9.31. The van der Waals surface area contributed by atoms with Gasteiger partial charge in [0.15, 0.2) is 0 Å². The van der Waals surface area contributed by atoms with Gasteiger partial charge in [-0.1, -0.05) is 28.1 Å². The smallest absolute Gasteiger partial charge is 0.330 e. The van der Waals surface area contributed by atoms with Crippen molar-refractivity contribution in [2.45, 2.75) is 19.8 Å². The number of carbonyl (C=O) groups excluding carboxylic acids is 2. The molecule has 0 aliphatic heterocycles. The van der Waals surface area contributed by atoms with Crippen molar-refractivity contribution in [3.05, 3.63) is 35.9 Å². The molecule has 0 spiro atoms. The highest BCUT2D eigenvalue weighted by Gasteiger charge is 2.01. The van der Waals surface area contributed by atoms with Crippen LogP contribution < -0.4 is 5.32 Å². The first-order valence-corrected chi connectivity index (χ1v) is 7.58. The fourth-order valence-electron chi connectivity index (χ4n) is 1.48. The Morgan fingerprint density at radius 1 is 1.30 bits per heavy atom. The molecule has 0 bridgehead atoms. The summed E-state index contributed by atoms with van der Waals surface area (Å²) in [6.07, 6.45) is 4.36. The van der Waals surface area contributed by atoms with Crippen LogP contribution in [0, 0.1) is 0 Å². The number of anilines is 1. The van der Waals surface area contributed by atoms with Gasteiger partial charge in [0.05, 0.1) is 6.61 Å². The van der Waals surface area contributed by atoms with Gasteiger partial charge in [0.2, 0.25) is 5.91 Å². The highest BCUT2D eigenvalue weighted by molar-refractivity contribution is 9.09. The number of rotatable bonds is 7. The summed E-state index contributed by atoms with van der Waals surface area (Å²) in [6, 6.07) is 7.26. The molecule has 0 aromatic heterocycles. The Morgan fingerprint density at radius 2 is 2.00 bits per heavy atom. The fraction of sp³-hybridized carbons (Fsp3) is 0.333. The number of ether oxygens (including phenoxy) is 1. The Bertz CT molecular complexity index is 469. The molecule has 0 saturated carbocycles. The van der Waals surface area contributed by atoms with Crippen LogP contribution in [0.1, 0.15) is 25.3 Å². The molecular weight excluding hydrogens is 322 g/mol. The summed E-state index contributed by atoms with van der Waals surface area (Å²) in [4.78, 5) is 22.7. The first kappa shape index (κ1) is 16.4. The van der Waals surface area contributed by atoms with Gasteiger partial charge in [-0.05, 0) is 37.1 Å². The lowest BCUT2D eigenvalue weighted by molar-refractivity contribution is -0.137. The van der Waals surface area contributed by atoms with E-state index in [-0.39, 0.29) is 11.9 Å². The molecule has 0 atom stereocenters. The third-order valence-electron chi connectivity index (χ3n) is 2.43. The number of nitrogens with one attached hydrogen (secondary N) is 1. The molecule has 108 valence electrons. The summed E-state index contributed by atoms with van der Waals surface area (Å²) in [6.45, 7) is 2.13. The third kappa shape index (κ3) is 6.52. The molecule has 1 amide bonds. The monoisotopic (exact) mass is 339 g/mol. The summed E-state index contributed by atoms with van der Waals surface area (Å²) in [5.41, 5.74) is 1.62. The van der Waals surface area contributed by atoms with E-state index in [1.165, 1.54) is 6.08 Å². The molecule has 4 nitrogen and oxygen atoms in total. The molecule has 0 fully saturated rings. The van der Waals surface area contributed by atoms with E-state index in [4.69, 9.17) is 4.74 Å². The Hall–Kier alpha value is -1.62. The molecule has 0 heterocycles. The van der Waals surface area contributed by atoms with Gasteiger partial charge in [-0.3, -0.25) is 4.79 Å². The molecule has 0 aliphatic rings. The van der Waals surface area contributed by atoms with Gasteiger partial charge in [0.25, 0.3) is 0 Å². The second-order valence-corrected chi connectivity index (χ2v) is 4.84. The maximum absolute atomic E-state index is 11.5. The van der Waals surface area contributed by atoms with E-state index in [1.807, 2.05) is 12.1 Å². The van der Waals surface area contributed by atoms with Crippen LogP contribution in [0.5, 0.6) is 0 Å². The van der Waals surface area contributed by atoms with Crippen LogP contribution in [0.2, 0.25) is 0 Å². The molecular formula is C15H18BrNO3. The molecule has 0 saturated heterocycles. The van der Waals surface area contributed by atoms with Crippen molar-refractivity contribution in [2.24, 2.45) is 0 Å². The number of esters is 1. The minimum absolute atomic E-state index is 0.000680. The SMILES string of the molecule is CCOC(=O)C=Cc1ccc(NC(=O)CCCBr)cc1. The summed E-state index contributed by atoms with van der Waals surface area (Å²) in [7, 11) is 0. The van der Waals surface area contributed by atoms with Crippen LogP contribution in [0.15, 0.2) is 30.3 Å². The molecule has 1 N–H and O–H groups in total. The predicted molar refractivity (Wildman–Crippen MR) is 83.8 cm³/mol. The van der Waals surface area contributed by atoms with Gasteiger partial charge >= 0.3 is 5.97 Å². The zero-order valence-corrected chi connectivity index (χ0v) is 13.0. The van der Waals surface area contributed by atoms with Gasteiger partial charge in [0, 0.05) is 23.5 Å². The predicted octanol–water partition coefficient (Wildman–Crippen LogP) is 3.38. The zero-order chi connectivity index (χ0) is 14.8. The van der Waals surface area contributed by atoms with Gasteiger partial charge in [-0.15, -0.1) is 0 Å². The number of amides is 1. The minimum Gasteiger partial charge on any atom is -0.463 e. The van der Waals surface area contributed by atoms with Crippen molar-refractivity contribution < 1.29 is 14.3 Å². The number of hydrogen-bond donors (Lipinski definition) is 1. The maximum Gasteiger partial charge on any atom is 0.330 e. The number of hydrogen-bond acceptors (Lipinski definition) is 3. The lowest BCUT2D eigenvalue weighted by Crippen LogP contribution is -2.11. The number of halogens is 1. The van der Waals surface area contributed by atoms with Crippen LogP contribution >= 0.6 is 15.9 Å². The van der Waals surface area contributed by atoms with E-state index >= 15 is 0 Å². The molecule has 20 heavy (non-hydrogen) atoms. The van der Waals surface area contributed by atoms with Crippen molar-refractivity contribution in [1.29, 1.82) is 0 Å². The maximum atomic E-state index is 11.5. The Kier molecular flexibility index (Phi) is 7.65. The van der Waals surface area contributed by atoms with Crippen molar-refractivity contribution in [2.75, 3.05) is 17.3 Å². The minimum atomic E-state index is -0.361. The summed E-state index contributed by atoms with van der Waals surface area (Å²) in [5, 5.41) is 3.63. The van der Waals surface area contributed by atoms with E-state index in [0.29, 0.717) is 13.0 Å². The molecule has 5 heteroatoms. The van der Waals surface area contributed by atoms with Crippen molar-refractivity contribution in [1.82, 2.24) is 0 Å². The molecule has 0 aliphatic carbocycles. The van der Waals surface area contributed by atoms with Crippen molar-refractivity contribution in [3.8, 4) is 0 Å². The Morgan fingerprint density at radius 3 is 2.60 bits per heavy atom. The van der Waals surface area contributed by atoms with Gasteiger partial charge < -0.3 is 10.1 Å². The van der Waals surface area contributed by atoms with Crippen LogP contribution in [0.25, 0.3) is 6.08 Å². The van der Waals surface area contributed by atoms with E-state index in [9.17, 15) is 9.59 Å². The normalized spacial score (nSPS) is 10.5. The van der Waals surface area contributed by atoms with Crippen LogP contribution in [-0.4, -0.2) is 23.8 Å². The average Bonchev–Trinajstić information content (AvgIpc) is 2.45. The number of alkyl halides is 1. The van der Waals surface area contributed by atoms with E-state index in [2.05, 4.69) is 21.2 Å². The van der Waals surface area contributed by atoms with E-state index < -0.39 is 0 Å². The molecule has 0 unspecified atom stereocenters. The summed E-state index contributed by atoms with van der Waals surface area (Å²) in [5.74, 6) is -0.362. The second-order valence-electron chi connectivity index (χ2n) is 4.05. The van der Waals surface area contributed by atoms with Crippen LogP contribution in [0.4, 0.5) is 5.69 Å².